The summed E-state index contributed by atoms with van der Waals surface area (Å²) in [6, 6.07) is 0.226. The maximum absolute atomic E-state index is 12.0. The van der Waals surface area contributed by atoms with E-state index in [-0.39, 0.29) is 17.9 Å². The molecule has 1 saturated carbocycles. The van der Waals surface area contributed by atoms with Gasteiger partial charge in [-0.1, -0.05) is 6.08 Å². The van der Waals surface area contributed by atoms with Crippen molar-refractivity contribution in [2.75, 3.05) is 13.1 Å². The molecule has 0 bridgehead atoms. The monoisotopic (exact) mass is 222 g/mol. The maximum Gasteiger partial charge on any atom is 0.223 e. The zero-order chi connectivity index (χ0) is 11.6. The normalized spacial score (nSPS) is 28.4. The minimum Gasteiger partial charge on any atom is -0.353 e. The summed E-state index contributed by atoms with van der Waals surface area (Å²) in [5.41, 5.74) is 0.350. The van der Waals surface area contributed by atoms with Gasteiger partial charge in [0.15, 0.2) is 0 Å². The predicted octanol–water partition coefficient (Wildman–Crippen LogP) is 1.46. The van der Waals surface area contributed by atoms with Crippen LogP contribution in [-0.4, -0.2) is 25.0 Å². The molecule has 1 amide bonds. The Kier molecular flexibility index (Phi) is 3.33. The minimum absolute atomic E-state index is 0.226. The summed E-state index contributed by atoms with van der Waals surface area (Å²) >= 11 is 0. The van der Waals surface area contributed by atoms with Gasteiger partial charge in [0.05, 0.1) is 0 Å². The molecule has 1 aliphatic carbocycles. The topological polar surface area (TPSA) is 41.1 Å². The highest BCUT2D eigenvalue weighted by Gasteiger charge is 2.57. The van der Waals surface area contributed by atoms with Crippen LogP contribution in [0.15, 0.2) is 12.7 Å². The average molecular weight is 222 g/mol. The van der Waals surface area contributed by atoms with Crippen molar-refractivity contribution < 1.29 is 4.79 Å². The standard InChI is InChI=1S/C13H22N2O/c1-3-4-10(2)15-12(16)11-9-13(11)5-7-14-8-6-13/h3,10-11,14H,1,4-9H2,2H3,(H,15,16). The van der Waals surface area contributed by atoms with Crippen molar-refractivity contribution in [2.45, 2.75) is 38.6 Å². The van der Waals surface area contributed by atoms with E-state index in [9.17, 15) is 4.79 Å². The van der Waals surface area contributed by atoms with Crippen LogP contribution in [-0.2, 0) is 4.79 Å². The molecule has 2 unspecified atom stereocenters. The van der Waals surface area contributed by atoms with Gasteiger partial charge in [0.25, 0.3) is 0 Å². The summed E-state index contributed by atoms with van der Waals surface area (Å²) in [6.45, 7) is 7.88. The van der Waals surface area contributed by atoms with E-state index in [1.165, 1.54) is 12.8 Å². The van der Waals surface area contributed by atoms with Crippen LogP contribution in [0.4, 0.5) is 0 Å². The smallest absolute Gasteiger partial charge is 0.223 e. The van der Waals surface area contributed by atoms with Gasteiger partial charge < -0.3 is 10.6 Å². The van der Waals surface area contributed by atoms with Crippen LogP contribution >= 0.6 is 0 Å². The molecule has 3 heteroatoms. The number of hydrogen-bond donors (Lipinski definition) is 2. The molecule has 2 atom stereocenters. The van der Waals surface area contributed by atoms with Crippen LogP contribution in [0, 0.1) is 11.3 Å². The Balaban J connectivity index is 1.81. The van der Waals surface area contributed by atoms with Gasteiger partial charge in [-0.15, -0.1) is 6.58 Å². The van der Waals surface area contributed by atoms with Crippen molar-refractivity contribution in [1.29, 1.82) is 0 Å². The van der Waals surface area contributed by atoms with Gasteiger partial charge in [-0.25, -0.2) is 0 Å². The fourth-order valence-corrected chi connectivity index (χ4v) is 2.85. The van der Waals surface area contributed by atoms with E-state index in [0.717, 1.165) is 25.9 Å². The summed E-state index contributed by atoms with van der Waals surface area (Å²) in [5.74, 6) is 0.540. The summed E-state index contributed by atoms with van der Waals surface area (Å²) in [5, 5.41) is 6.44. The van der Waals surface area contributed by atoms with Gasteiger partial charge >= 0.3 is 0 Å². The molecule has 16 heavy (non-hydrogen) atoms. The first-order valence-corrected chi connectivity index (χ1v) is 6.30. The molecule has 1 saturated heterocycles. The van der Waals surface area contributed by atoms with E-state index < -0.39 is 0 Å². The fourth-order valence-electron chi connectivity index (χ4n) is 2.85. The van der Waals surface area contributed by atoms with Crippen LogP contribution in [0.3, 0.4) is 0 Å². The first kappa shape index (κ1) is 11.6. The number of hydrogen-bond acceptors (Lipinski definition) is 2. The molecule has 1 aliphatic heterocycles. The van der Waals surface area contributed by atoms with Crippen molar-refractivity contribution in [1.82, 2.24) is 10.6 Å². The molecule has 90 valence electrons. The lowest BCUT2D eigenvalue weighted by molar-refractivity contribution is -0.123. The molecule has 0 radical (unpaired) electrons. The van der Waals surface area contributed by atoms with Crippen molar-refractivity contribution in [3.05, 3.63) is 12.7 Å². The third-order valence-corrected chi connectivity index (χ3v) is 4.01. The first-order valence-electron chi connectivity index (χ1n) is 6.30. The van der Waals surface area contributed by atoms with Crippen LogP contribution in [0.2, 0.25) is 0 Å². The zero-order valence-corrected chi connectivity index (χ0v) is 10.1. The Labute approximate surface area is 97.7 Å². The highest BCUT2D eigenvalue weighted by Crippen LogP contribution is 2.58. The Bertz CT molecular complexity index is 282. The van der Waals surface area contributed by atoms with E-state index in [2.05, 4.69) is 17.2 Å². The fraction of sp³-hybridized carbons (Fsp3) is 0.769. The lowest BCUT2D eigenvalue weighted by atomic mass is 9.91. The molecule has 2 aliphatic rings. The SMILES string of the molecule is C=CCC(C)NC(=O)C1CC12CCNCC2. The zero-order valence-electron chi connectivity index (χ0n) is 10.1. The highest BCUT2D eigenvalue weighted by molar-refractivity contribution is 5.82. The van der Waals surface area contributed by atoms with Gasteiger partial charge in [0.1, 0.15) is 0 Å². The van der Waals surface area contributed by atoms with Gasteiger partial charge in [0, 0.05) is 12.0 Å². The number of amides is 1. The third-order valence-electron chi connectivity index (χ3n) is 4.01. The van der Waals surface area contributed by atoms with Crippen molar-refractivity contribution in [2.24, 2.45) is 11.3 Å². The molecule has 0 aromatic heterocycles. The van der Waals surface area contributed by atoms with Gasteiger partial charge in [-0.3, -0.25) is 4.79 Å². The van der Waals surface area contributed by atoms with Crippen molar-refractivity contribution in [3.8, 4) is 0 Å². The largest absolute Gasteiger partial charge is 0.353 e. The van der Waals surface area contributed by atoms with Crippen molar-refractivity contribution in [3.63, 3.8) is 0 Å². The summed E-state index contributed by atoms with van der Waals surface area (Å²) in [7, 11) is 0. The van der Waals surface area contributed by atoms with E-state index in [1.807, 2.05) is 13.0 Å². The lowest BCUT2D eigenvalue weighted by Crippen LogP contribution is -2.37. The van der Waals surface area contributed by atoms with Crippen LogP contribution < -0.4 is 10.6 Å². The van der Waals surface area contributed by atoms with Gasteiger partial charge in [-0.05, 0) is 51.1 Å². The second-order valence-electron chi connectivity index (χ2n) is 5.30. The van der Waals surface area contributed by atoms with Crippen LogP contribution in [0.1, 0.15) is 32.6 Å². The van der Waals surface area contributed by atoms with E-state index in [1.54, 1.807) is 0 Å². The second-order valence-corrected chi connectivity index (χ2v) is 5.30. The third kappa shape index (κ3) is 2.29. The van der Waals surface area contributed by atoms with E-state index >= 15 is 0 Å². The molecule has 1 spiro atoms. The molecule has 1 heterocycles. The summed E-state index contributed by atoms with van der Waals surface area (Å²) < 4.78 is 0. The molecule has 0 aromatic rings. The Morgan fingerprint density at radius 1 is 1.62 bits per heavy atom. The quantitative estimate of drug-likeness (QED) is 0.707. The minimum atomic E-state index is 0.226. The number of nitrogens with one attached hydrogen (secondary N) is 2. The lowest BCUT2D eigenvalue weighted by Gasteiger charge is -2.23. The maximum atomic E-state index is 12.0. The highest BCUT2D eigenvalue weighted by atomic mass is 16.2. The van der Waals surface area contributed by atoms with Crippen molar-refractivity contribution >= 4 is 5.91 Å². The predicted molar refractivity (Wildman–Crippen MR) is 65.1 cm³/mol. The van der Waals surface area contributed by atoms with Gasteiger partial charge in [-0.2, -0.15) is 0 Å². The Morgan fingerprint density at radius 2 is 2.31 bits per heavy atom. The van der Waals surface area contributed by atoms with E-state index in [4.69, 9.17) is 0 Å². The second kappa shape index (κ2) is 4.58. The molecule has 2 fully saturated rings. The molecular weight excluding hydrogens is 200 g/mol. The number of piperidine rings is 1. The average Bonchev–Trinajstić information content (AvgIpc) is 2.93. The van der Waals surface area contributed by atoms with E-state index in [0.29, 0.717) is 5.41 Å². The Morgan fingerprint density at radius 3 is 2.94 bits per heavy atom. The molecule has 3 nitrogen and oxygen atoms in total. The molecular formula is C13H22N2O. The molecule has 2 rings (SSSR count). The van der Waals surface area contributed by atoms with Crippen LogP contribution in [0.5, 0.6) is 0 Å². The summed E-state index contributed by atoms with van der Waals surface area (Å²) in [6.07, 6.45) is 6.15. The number of rotatable bonds is 4. The Hall–Kier alpha value is -0.830. The first-order chi connectivity index (χ1) is 7.68. The molecule has 0 aromatic carbocycles. The number of carbonyl (C=O) groups excluding carboxylic acids is 1. The number of carbonyl (C=O) groups is 1. The molecule has 2 N–H and O–H groups in total. The van der Waals surface area contributed by atoms with Crippen LogP contribution in [0.25, 0.3) is 0 Å². The summed E-state index contributed by atoms with van der Waals surface area (Å²) in [4.78, 5) is 12.0. The van der Waals surface area contributed by atoms with Gasteiger partial charge in [0.2, 0.25) is 5.91 Å².